The molecule has 0 atom stereocenters. The largest absolute Gasteiger partial charge is 0.461 e. The number of carbonyl (C=O) groups is 1. The van der Waals surface area contributed by atoms with Crippen LogP contribution in [0.25, 0.3) is 16.6 Å². The number of alkyl halides is 3. The number of Topliss-reactive ketones (excluding diaryl/α,β-unsaturated/α-hetero) is 1. The van der Waals surface area contributed by atoms with Gasteiger partial charge in [0.15, 0.2) is 5.76 Å². The van der Waals surface area contributed by atoms with Crippen LogP contribution in [0.15, 0.2) is 46.6 Å². The lowest BCUT2D eigenvalue weighted by atomic mass is 10.1. The smallest absolute Gasteiger partial charge is 0.433 e. The molecule has 0 saturated heterocycles. The van der Waals surface area contributed by atoms with E-state index >= 15 is 0 Å². The molecular formula is C17H10F3N3O2S. The van der Waals surface area contributed by atoms with E-state index in [1.165, 1.54) is 31.5 Å². The SMILES string of the molecule is Cn1nc(-c2ccc(C=C(C#N)C(=O)c3ccco3)s2)cc1C(F)(F)F. The molecule has 3 rings (SSSR count). The highest BCUT2D eigenvalue weighted by Crippen LogP contribution is 2.34. The number of nitrogens with zero attached hydrogens (tertiary/aromatic N) is 3. The van der Waals surface area contributed by atoms with Crippen LogP contribution in [-0.2, 0) is 13.2 Å². The molecular weight excluding hydrogens is 367 g/mol. The van der Waals surface area contributed by atoms with Gasteiger partial charge in [-0.1, -0.05) is 0 Å². The van der Waals surface area contributed by atoms with Crippen LogP contribution in [0.2, 0.25) is 0 Å². The molecule has 0 aliphatic rings. The Balaban J connectivity index is 1.91. The van der Waals surface area contributed by atoms with Gasteiger partial charge in [-0.2, -0.15) is 23.5 Å². The molecule has 0 bridgehead atoms. The maximum absolute atomic E-state index is 12.9. The summed E-state index contributed by atoms with van der Waals surface area (Å²) in [5.74, 6) is -0.529. The van der Waals surface area contributed by atoms with E-state index in [4.69, 9.17) is 4.42 Å². The molecule has 3 aromatic heterocycles. The number of nitriles is 1. The van der Waals surface area contributed by atoms with E-state index in [1.54, 1.807) is 12.1 Å². The summed E-state index contributed by atoms with van der Waals surface area (Å²) < 4.78 is 44.4. The van der Waals surface area contributed by atoms with Crippen LogP contribution in [0.4, 0.5) is 13.2 Å². The number of aromatic nitrogens is 2. The molecule has 0 N–H and O–H groups in total. The average Bonchev–Trinajstić information content (AvgIpc) is 3.31. The number of hydrogen-bond donors (Lipinski definition) is 0. The Morgan fingerprint density at radius 3 is 2.73 bits per heavy atom. The van der Waals surface area contributed by atoms with E-state index < -0.39 is 17.7 Å². The second kappa shape index (κ2) is 6.65. The first-order chi connectivity index (χ1) is 12.3. The number of rotatable bonds is 4. The van der Waals surface area contributed by atoms with Crippen molar-refractivity contribution in [3.63, 3.8) is 0 Å². The third kappa shape index (κ3) is 3.45. The molecule has 0 amide bonds. The molecule has 0 unspecified atom stereocenters. The Morgan fingerprint density at radius 2 is 2.15 bits per heavy atom. The number of carbonyl (C=O) groups excluding carboxylic acids is 1. The van der Waals surface area contributed by atoms with Crippen LogP contribution in [0.3, 0.4) is 0 Å². The monoisotopic (exact) mass is 377 g/mol. The fourth-order valence-corrected chi connectivity index (χ4v) is 3.16. The summed E-state index contributed by atoms with van der Waals surface area (Å²) in [6.45, 7) is 0. The highest BCUT2D eigenvalue weighted by molar-refractivity contribution is 7.16. The van der Waals surface area contributed by atoms with Gasteiger partial charge in [-0.15, -0.1) is 11.3 Å². The lowest BCUT2D eigenvalue weighted by Crippen LogP contribution is -2.11. The van der Waals surface area contributed by atoms with Crippen LogP contribution in [0, 0.1) is 11.3 Å². The van der Waals surface area contributed by atoms with Crippen LogP contribution < -0.4 is 0 Å². The number of ketones is 1. The Bertz CT molecular complexity index is 1020. The fraction of sp³-hybridized carbons (Fsp3) is 0.118. The molecule has 0 aromatic carbocycles. The van der Waals surface area contributed by atoms with Crippen molar-refractivity contribution in [1.29, 1.82) is 5.26 Å². The number of halogens is 3. The second-order valence-electron chi connectivity index (χ2n) is 5.21. The fourth-order valence-electron chi connectivity index (χ4n) is 2.25. The van der Waals surface area contributed by atoms with E-state index in [0.717, 1.165) is 22.1 Å². The van der Waals surface area contributed by atoms with Crippen LogP contribution in [0.1, 0.15) is 21.1 Å². The Hall–Kier alpha value is -3.12. The van der Waals surface area contributed by atoms with E-state index in [1.807, 2.05) is 6.07 Å². The van der Waals surface area contributed by atoms with Gasteiger partial charge in [0.05, 0.1) is 11.1 Å². The number of allylic oxidation sites excluding steroid dienone is 1. The Kier molecular flexibility index (Phi) is 4.52. The van der Waals surface area contributed by atoms with Crippen molar-refractivity contribution in [3.05, 3.63) is 58.5 Å². The van der Waals surface area contributed by atoms with Gasteiger partial charge in [0.25, 0.3) is 0 Å². The zero-order valence-corrected chi connectivity index (χ0v) is 14.1. The predicted molar refractivity (Wildman–Crippen MR) is 88.2 cm³/mol. The van der Waals surface area contributed by atoms with Crippen molar-refractivity contribution >= 4 is 23.2 Å². The third-order valence-electron chi connectivity index (χ3n) is 3.45. The summed E-state index contributed by atoms with van der Waals surface area (Å²) in [5, 5.41) is 13.1. The van der Waals surface area contributed by atoms with Crippen LogP contribution >= 0.6 is 11.3 Å². The quantitative estimate of drug-likeness (QED) is 0.380. The molecule has 0 saturated carbocycles. The van der Waals surface area contributed by atoms with Crippen LogP contribution in [-0.4, -0.2) is 15.6 Å². The summed E-state index contributed by atoms with van der Waals surface area (Å²) in [6, 6.07) is 8.94. The summed E-state index contributed by atoms with van der Waals surface area (Å²) in [5.41, 5.74) is -0.825. The van der Waals surface area contributed by atoms with Crippen molar-refractivity contribution in [3.8, 4) is 16.6 Å². The van der Waals surface area contributed by atoms with Crippen molar-refractivity contribution in [1.82, 2.24) is 9.78 Å². The standard InChI is InChI=1S/C17H10F3N3O2S/c1-23-15(17(18,19)20)8-12(22-23)14-5-4-11(26-14)7-10(9-21)16(24)13-3-2-6-25-13/h2-8H,1H3. The zero-order chi connectivity index (χ0) is 18.9. The maximum Gasteiger partial charge on any atom is 0.433 e. The highest BCUT2D eigenvalue weighted by atomic mass is 32.1. The maximum atomic E-state index is 12.9. The van der Waals surface area contributed by atoms with Crippen molar-refractivity contribution in [2.24, 2.45) is 7.05 Å². The summed E-state index contributed by atoms with van der Waals surface area (Å²) >= 11 is 1.12. The minimum Gasteiger partial charge on any atom is -0.461 e. The summed E-state index contributed by atoms with van der Waals surface area (Å²) in [4.78, 5) is 13.2. The van der Waals surface area contributed by atoms with Crippen LogP contribution in [0.5, 0.6) is 0 Å². The molecule has 9 heteroatoms. The minimum atomic E-state index is -4.50. The van der Waals surface area contributed by atoms with Gasteiger partial charge in [-0.3, -0.25) is 9.48 Å². The Morgan fingerprint density at radius 1 is 1.38 bits per heavy atom. The molecule has 0 radical (unpaired) electrons. The first-order valence-corrected chi connectivity index (χ1v) is 8.02. The van der Waals surface area contributed by atoms with E-state index in [9.17, 15) is 23.2 Å². The molecule has 3 heterocycles. The summed E-state index contributed by atoms with van der Waals surface area (Å²) in [7, 11) is 1.22. The topological polar surface area (TPSA) is 71.8 Å². The molecule has 5 nitrogen and oxygen atoms in total. The molecule has 0 aliphatic carbocycles. The second-order valence-corrected chi connectivity index (χ2v) is 6.33. The molecule has 26 heavy (non-hydrogen) atoms. The van der Waals surface area contributed by atoms with E-state index in [2.05, 4.69) is 5.10 Å². The highest BCUT2D eigenvalue weighted by Gasteiger charge is 2.35. The molecule has 0 fully saturated rings. The first kappa shape index (κ1) is 17.7. The van der Waals surface area contributed by atoms with Gasteiger partial charge in [0, 0.05) is 11.9 Å². The predicted octanol–water partition coefficient (Wildman–Crippen LogP) is 4.55. The molecule has 0 aliphatic heterocycles. The Labute approximate surface area is 149 Å². The van der Waals surface area contributed by atoms with Crippen molar-refractivity contribution in [2.75, 3.05) is 0 Å². The van der Waals surface area contributed by atoms with E-state index in [-0.39, 0.29) is 17.0 Å². The van der Waals surface area contributed by atoms with Gasteiger partial charge < -0.3 is 4.42 Å². The normalized spacial score (nSPS) is 12.2. The van der Waals surface area contributed by atoms with Crippen molar-refractivity contribution in [2.45, 2.75) is 6.18 Å². The van der Waals surface area contributed by atoms with Gasteiger partial charge in [-0.05, 0) is 36.4 Å². The number of thiophene rings is 1. The first-order valence-electron chi connectivity index (χ1n) is 7.21. The molecule has 3 aromatic rings. The molecule has 132 valence electrons. The number of aryl methyl sites for hydroxylation is 1. The van der Waals surface area contributed by atoms with Gasteiger partial charge in [-0.25, -0.2) is 0 Å². The average molecular weight is 377 g/mol. The lowest BCUT2D eigenvalue weighted by Gasteiger charge is -2.04. The van der Waals surface area contributed by atoms with Crippen molar-refractivity contribution < 1.29 is 22.4 Å². The zero-order valence-electron chi connectivity index (χ0n) is 13.2. The molecule has 0 spiro atoms. The lowest BCUT2D eigenvalue weighted by molar-refractivity contribution is -0.143. The van der Waals surface area contributed by atoms with Gasteiger partial charge in [0.2, 0.25) is 5.78 Å². The minimum absolute atomic E-state index is 0.0362. The van der Waals surface area contributed by atoms with Gasteiger partial charge >= 0.3 is 6.18 Å². The van der Waals surface area contributed by atoms with E-state index in [0.29, 0.717) is 9.75 Å². The number of hydrogen-bond acceptors (Lipinski definition) is 5. The number of furan rings is 1. The third-order valence-corrected chi connectivity index (χ3v) is 4.50. The summed E-state index contributed by atoms with van der Waals surface area (Å²) in [6.07, 6.45) is -1.80. The van der Waals surface area contributed by atoms with Gasteiger partial charge in [0.1, 0.15) is 23.0 Å².